The van der Waals surface area contributed by atoms with Crippen molar-refractivity contribution in [3.05, 3.63) is 36.9 Å². The predicted octanol–water partition coefficient (Wildman–Crippen LogP) is 2.37. The van der Waals surface area contributed by atoms with Crippen LogP contribution in [0.1, 0.15) is 20.3 Å². The maximum Gasteiger partial charge on any atom is 0.145 e. The summed E-state index contributed by atoms with van der Waals surface area (Å²) in [7, 11) is 0. The van der Waals surface area contributed by atoms with E-state index in [1.54, 1.807) is 12.4 Å². The molecule has 28 heavy (non-hydrogen) atoms. The van der Waals surface area contributed by atoms with E-state index < -0.39 is 0 Å². The van der Waals surface area contributed by atoms with Crippen molar-refractivity contribution in [3.8, 4) is 17.1 Å². The van der Waals surface area contributed by atoms with Crippen LogP contribution in [0.3, 0.4) is 0 Å². The Hall–Kier alpha value is -2.71. The highest BCUT2D eigenvalue weighted by atomic mass is 16.5. The van der Waals surface area contributed by atoms with E-state index in [2.05, 4.69) is 20.6 Å². The van der Waals surface area contributed by atoms with Crippen molar-refractivity contribution in [2.45, 2.75) is 32.4 Å². The third kappa shape index (κ3) is 4.40. The molecule has 0 unspecified atom stereocenters. The number of aromatic nitrogens is 4. The monoisotopic (exact) mass is 382 g/mol. The largest absolute Gasteiger partial charge is 0.491 e. The van der Waals surface area contributed by atoms with Gasteiger partial charge in [0.05, 0.1) is 37.0 Å². The fourth-order valence-corrected chi connectivity index (χ4v) is 3.23. The Kier molecular flexibility index (Phi) is 5.68. The molecule has 3 aromatic rings. The van der Waals surface area contributed by atoms with Gasteiger partial charge in [-0.3, -0.25) is 9.38 Å². The maximum absolute atomic E-state index is 5.75. The second kappa shape index (κ2) is 8.53. The zero-order valence-corrected chi connectivity index (χ0v) is 16.3. The summed E-state index contributed by atoms with van der Waals surface area (Å²) in [5.41, 5.74) is 2.48. The molecular formula is C20H26N6O2. The normalized spacial score (nSPS) is 16.8. The van der Waals surface area contributed by atoms with Gasteiger partial charge in [0.15, 0.2) is 0 Å². The molecule has 8 heteroatoms. The third-order valence-electron chi connectivity index (χ3n) is 4.60. The highest BCUT2D eigenvalue weighted by Crippen LogP contribution is 2.22. The van der Waals surface area contributed by atoms with Gasteiger partial charge in [-0.25, -0.2) is 9.97 Å². The van der Waals surface area contributed by atoms with E-state index in [0.29, 0.717) is 19.3 Å². The zero-order valence-electron chi connectivity index (χ0n) is 16.3. The first-order valence-corrected chi connectivity index (χ1v) is 9.70. The molecular weight excluding hydrogens is 356 g/mol. The minimum absolute atomic E-state index is 0.206. The van der Waals surface area contributed by atoms with Gasteiger partial charge in [-0.15, -0.1) is 0 Å². The summed E-state index contributed by atoms with van der Waals surface area (Å²) in [5, 5.41) is 6.78. The molecule has 1 fully saturated rings. The van der Waals surface area contributed by atoms with Gasteiger partial charge in [-0.1, -0.05) is 0 Å². The average Bonchev–Trinajstić information content (AvgIpc) is 3.34. The van der Waals surface area contributed by atoms with Crippen molar-refractivity contribution in [2.75, 3.05) is 31.6 Å². The Bertz CT molecular complexity index is 920. The molecule has 0 aromatic carbocycles. The Morgan fingerprint density at radius 3 is 3.04 bits per heavy atom. The number of rotatable bonds is 8. The van der Waals surface area contributed by atoms with Crippen LogP contribution in [0.5, 0.6) is 5.75 Å². The zero-order chi connectivity index (χ0) is 19.3. The van der Waals surface area contributed by atoms with Crippen LogP contribution < -0.4 is 15.4 Å². The molecule has 0 amide bonds. The molecule has 2 N–H and O–H groups in total. The summed E-state index contributed by atoms with van der Waals surface area (Å²) in [5.74, 6) is 1.55. The number of anilines is 1. The van der Waals surface area contributed by atoms with E-state index in [0.717, 1.165) is 48.1 Å². The van der Waals surface area contributed by atoms with Crippen molar-refractivity contribution < 1.29 is 9.47 Å². The molecule has 148 valence electrons. The van der Waals surface area contributed by atoms with Gasteiger partial charge in [0.1, 0.15) is 29.5 Å². The average molecular weight is 382 g/mol. The lowest BCUT2D eigenvalue weighted by Crippen LogP contribution is -2.22. The number of imidazole rings is 1. The van der Waals surface area contributed by atoms with Crippen molar-refractivity contribution >= 4 is 11.5 Å². The molecule has 1 aliphatic rings. The van der Waals surface area contributed by atoms with Gasteiger partial charge in [-0.2, -0.15) is 0 Å². The van der Waals surface area contributed by atoms with Gasteiger partial charge in [0.2, 0.25) is 0 Å². The minimum atomic E-state index is 0.206. The summed E-state index contributed by atoms with van der Waals surface area (Å²) in [4.78, 5) is 13.6. The topological polar surface area (TPSA) is 85.6 Å². The Balaban J connectivity index is 1.48. The molecule has 1 atom stereocenters. The molecule has 4 rings (SSSR count). The van der Waals surface area contributed by atoms with Crippen LogP contribution in [0.4, 0.5) is 5.82 Å². The lowest BCUT2D eigenvalue weighted by Gasteiger charge is -2.12. The van der Waals surface area contributed by atoms with E-state index in [1.807, 2.05) is 42.8 Å². The molecule has 8 nitrogen and oxygen atoms in total. The molecule has 4 heterocycles. The van der Waals surface area contributed by atoms with E-state index in [4.69, 9.17) is 14.5 Å². The van der Waals surface area contributed by atoms with Gasteiger partial charge < -0.3 is 20.1 Å². The molecule has 0 saturated carbocycles. The lowest BCUT2D eigenvalue weighted by atomic mass is 10.2. The summed E-state index contributed by atoms with van der Waals surface area (Å²) < 4.78 is 13.2. The fraction of sp³-hybridized carbons (Fsp3) is 0.450. The van der Waals surface area contributed by atoms with Crippen LogP contribution >= 0.6 is 0 Å². The van der Waals surface area contributed by atoms with Crippen LogP contribution in [0.25, 0.3) is 17.0 Å². The van der Waals surface area contributed by atoms with Crippen molar-refractivity contribution in [1.29, 1.82) is 0 Å². The van der Waals surface area contributed by atoms with Crippen LogP contribution in [0.2, 0.25) is 0 Å². The molecule has 1 saturated heterocycles. The summed E-state index contributed by atoms with van der Waals surface area (Å²) in [6.45, 7) is 7.08. The minimum Gasteiger partial charge on any atom is -0.491 e. The van der Waals surface area contributed by atoms with Crippen molar-refractivity contribution in [2.24, 2.45) is 0 Å². The standard InChI is InChI=1S/C20H26N6O2/c1-14(2)27-7-8-28-16-4-6-26-18(12-23-20(26)9-16)17-11-22-13-19(25-17)24-15-3-5-21-10-15/h4,6,9,11-15,21H,3,5,7-8,10H2,1-2H3,(H,24,25)/t15-/m1/s1. The van der Waals surface area contributed by atoms with Gasteiger partial charge in [-0.05, 0) is 32.9 Å². The van der Waals surface area contributed by atoms with Crippen molar-refractivity contribution in [1.82, 2.24) is 24.7 Å². The van der Waals surface area contributed by atoms with E-state index in [-0.39, 0.29) is 6.10 Å². The molecule has 0 bridgehead atoms. The van der Waals surface area contributed by atoms with Crippen LogP contribution in [0.15, 0.2) is 36.9 Å². The number of nitrogens with zero attached hydrogens (tertiary/aromatic N) is 4. The summed E-state index contributed by atoms with van der Waals surface area (Å²) in [6.07, 6.45) is 8.57. The number of pyridine rings is 1. The Morgan fingerprint density at radius 1 is 1.29 bits per heavy atom. The molecule has 0 aliphatic carbocycles. The number of nitrogens with one attached hydrogen (secondary N) is 2. The number of hydrogen-bond acceptors (Lipinski definition) is 7. The van der Waals surface area contributed by atoms with Gasteiger partial charge in [0, 0.05) is 24.8 Å². The Morgan fingerprint density at radius 2 is 2.21 bits per heavy atom. The van der Waals surface area contributed by atoms with Crippen LogP contribution in [-0.2, 0) is 4.74 Å². The van der Waals surface area contributed by atoms with Crippen LogP contribution in [-0.4, -0.2) is 57.8 Å². The second-order valence-electron chi connectivity index (χ2n) is 7.13. The third-order valence-corrected chi connectivity index (χ3v) is 4.60. The molecule has 1 aliphatic heterocycles. The highest BCUT2D eigenvalue weighted by molar-refractivity contribution is 5.61. The maximum atomic E-state index is 5.75. The quantitative estimate of drug-likeness (QED) is 0.579. The molecule has 0 radical (unpaired) electrons. The van der Waals surface area contributed by atoms with E-state index >= 15 is 0 Å². The summed E-state index contributed by atoms with van der Waals surface area (Å²) >= 11 is 0. The van der Waals surface area contributed by atoms with E-state index in [9.17, 15) is 0 Å². The van der Waals surface area contributed by atoms with Gasteiger partial charge in [0.25, 0.3) is 0 Å². The summed E-state index contributed by atoms with van der Waals surface area (Å²) in [6, 6.07) is 4.23. The number of ether oxygens (including phenoxy) is 2. The first-order chi connectivity index (χ1) is 13.7. The molecule has 0 spiro atoms. The smallest absolute Gasteiger partial charge is 0.145 e. The Labute approximate surface area is 164 Å². The predicted molar refractivity (Wildman–Crippen MR) is 108 cm³/mol. The fourth-order valence-electron chi connectivity index (χ4n) is 3.23. The van der Waals surface area contributed by atoms with Crippen molar-refractivity contribution in [3.63, 3.8) is 0 Å². The lowest BCUT2D eigenvalue weighted by molar-refractivity contribution is 0.0553. The first-order valence-electron chi connectivity index (χ1n) is 9.70. The number of hydrogen-bond donors (Lipinski definition) is 2. The first kappa shape index (κ1) is 18.6. The molecule has 3 aromatic heterocycles. The second-order valence-corrected chi connectivity index (χ2v) is 7.13. The van der Waals surface area contributed by atoms with E-state index in [1.165, 1.54) is 0 Å². The highest BCUT2D eigenvalue weighted by Gasteiger charge is 2.15. The van der Waals surface area contributed by atoms with Crippen LogP contribution in [0, 0.1) is 0 Å². The SMILES string of the molecule is CC(C)OCCOc1ccn2c(-c3cncc(N[C@@H]4CCNC4)n3)cnc2c1. The number of fused-ring (bicyclic) bond motifs is 1. The van der Waals surface area contributed by atoms with Gasteiger partial charge >= 0.3 is 0 Å².